The van der Waals surface area contributed by atoms with Crippen LogP contribution in [0.5, 0.6) is 0 Å². The topological polar surface area (TPSA) is 101 Å². The van der Waals surface area contributed by atoms with Crippen LogP contribution in [-0.4, -0.2) is 37.1 Å². The number of nitrogens with zero attached hydrogens (tertiary/aromatic N) is 3. The minimum Gasteiger partial charge on any atom is -0.365 e. The summed E-state index contributed by atoms with van der Waals surface area (Å²) < 4.78 is 64.4. The van der Waals surface area contributed by atoms with Gasteiger partial charge in [0.2, 0.25) is 10.0 Å². The average Bonchev–Trinajstić information content (AvgIpc) is 3.21. The number of fused-ring (bicyclic) bond motifs is 1. The van der Waals surface area contributed by atoms with Crippen LogP contribution in [-0.2, 0) is 16.6 Å². The monoisotopic (exact) mass is 485 g/mol. The number of benzene rings is 2. The largest absolute Gasteiger partial charge is 0.408 e. The van der Waals surface area contributed by atoms with E-state index in [1.165, 1.54) is 29.4 Å². The molecule has 3 aromatic rings. The molecule has 0 radical (unpaired) electrons. The van der Waals surface area contributed by atoms with Crippen molar-refractivity contribution in [3.8, 4) is 0 Å². The average molecular weight is 486 g/mol. The van der Waals surface area contributed by atoms with E-state index in [1.807, 2.05) is 0 Å². The summed E-state index contributed by atoms with van der Waals surface area (Å²) in [6.45, 7) is 0.219. The van der Waals surface area contributed by atoms with Gasteiger partial charge in [-0.05, 0) is 54.8 Å². The first-order chi connectivity index (χ1) is 15.0. The molecular formula is C20H19ClF3N5O2S. The maximum Gasteiger partial charge on any atom is 0.408 e. The second kappa shape index (κ2) is 8.38. The molecule has 0 saturated carbocycles. The van der Waals surface area contributed by atoms with Gasteiger partial charge < -0.3 is 10.2 Å². The molecule has 1 saturated heterocycles. The molecule has 1 aliphatic heterocycles. The van der Waals surface area contributed by atoms with Crippen molar-refractivity contribution in [3.05, 3.63) is 53.3 Å². The summed E-state index contributed by atoms with van der Waals surface area (Å²) in [7, 11) is -4.04. The van der Waals surface area contributed by atoms with Crippen LogP contribution in [0.3, 0.4) is 0 Å². The van der Waals surface area contributed by atoms with Gasteiger partial charge in [0, 0.05) is 29.2 Å². The normalized spacial score (nSPS) is 17.2. The van der Waals surface area contributed by atoms with Crippen molar-refractivity contribution in [2.45, 2.75) is 36.5 Å². The number of anilines is 2. The molecular weight excluding hydrogens is 467 g/mol. The van der Waals surface area contributed by atoms with Gasteiger partial charge in [-0.1, -0.05) is 11.6 Å². The molecule has 12 heteroatoms. The second-order valence-corrected chi connectivity index (χ2v) is 9.46. The number of primary sulfonamides is 1. The van der Waals surface area contributed by atoms with Crippen LogP contribution in [0.25, 0.3) is 10.9 Å². The molecule has 170 valence electrons. The van der Waals surface area contributed by atoms with Crippen LogP contribution in [0, 0.1) is 0 Å². The minimum absolute atomic E-state index is 0.0123. The molecule has 1 aromatic heterocycles. The van der Waals surface area contributed by atoms with E-state index in [1.54, 1.807) is 18.2 Å². The van der Waals surface area contributed by atoms with Crippen molar-refractivity contribution in [3.63, 3.8) is 0 Å². The molecule has 3 N–H and O–H groups in total. The summed E-state index contributed by atoms with van der Waals surface area (Å²) in [5.41, 5.74) is 1.27. The zero-order chi connectivity index (χ0) is 23.1. The summed E-state index contributed by atoms with van der Waals surface area (Å²) in [4.78, 5) is 9.44. The molecule has 1 fully saturated rings. The SMILES string of the molecule is NS(=O)(=O)c1ccc(N2CCCC2C(F)(F)F)c(CNc2ncnc3ccc(Cl)cc23)c1. The molecule has 0 amide bonds. The summed E-state index contributed by atoms with van der Waals surface area (Å²) in [5, 5.41) is 9.41. The van der Waals surface area contributed by atoms with Crippen LogP contribution >= 0.6 is 11.6 Å². The van der Waals surface area contributed by atoms with Gasteiger partial charge in [0.15, 0.2) is 0 Å². The number of hydrogen-bond acceptors (Lipinski definition) is 6. The summed E-state index contributed by atoms with van der Waals surface area (Å²) >= 11 is 6.07. The Bertz CT molecular complexity index is 1270. The molecule has 4 rings (SSSR count). The highest BCUT2D eigenvalue weighted by Crippen LogP contribution is 2.38. The Morgan fingerprint density at radius 2 is 1.97 bits per heavy atom. The highest BCUT2D eigenvalue weighted by Gasteiger charge is 2.46. The standard InChI is InChI=1S/C20H19ClF3N5O2S/c21-13-3-5-16-15(9-13)19(28-11-27-16)26-10-12-8-14(32(25,30)31)4-6-17(12)29-7-1-2-18(29)20(22,23)24/h3-6,8-9,11,18H,1-2,7,10H2,(H2,25,30,31)(H,26,27,28). The Labute approximate surface area is 187 Å². The molecule has 0 spiro atoms. The highest BCUT2D eigenvalue weighted by molar-refractivity contribution is 7.89. The van der Waals surface area contributed by atoms with Crippen LogP contribution in [0.1, 0.15) is 18.4 Å². The van der Waals surface area contributed by atoms with Crippen molar-refractivity contribution in [2.75, 3.05) is 16.8 Å². The summed E-state index contributed by atoms with van der Waals surface area (Å²) in [6, 6.07) is 7.31. The predicted molar refractivity (Wildman–Crippen MR) is 116 cm³/mol. The molecule has 0 bridgehead atoms. The van der Waals surface area contributed by atoms with Crippen LogP contribution in [0.2, 0.25) is 5.02 Å². The maximum atomic E-state index is 13.6. The van der Waals surface area contributed by atoms with E-state index in [4.69, 9.17) is 16.7 Å². The van der Waals surface area contributed by atoms with Gasteiger partial charge in [-0.15, -0.1) is 0 Å². The number of nitrogens with two attached hydrogens (primary N) is 1. The molecule has 7 nitrogen and oxygen atoms in total. The summed E-state index contributed by atoms with van der Waals surface area (Å²) in [5.74, 6) is 0.415. The molecule has 2 heterocycles. The number of alkyl halides is 3. The minimum atomic E-state index is -4.40. The third-order valence-electron chi connectivity index (χ3n) is 5.36. The van der Waals surface area contributed by atoms with Gasteiger partial charge in [-0.3, -0.25) is 0 Å². The Balaban J connectivity index is 1.73. The Hall–Kier alpha value is -2.63. The van der Waals surface area contributed by atoms with E-state index in [0.717, 1.165) is 0 Å². The van der Waals surface area contributed by atoms with E-state index in [2.05, 4.69) is 15.3 Å². The van der Waals surface area contributed by atoms with Crippen LogP contribution in [0.4, 0.5) is 24.7 Å². The first kappa shape index (κ1) is 22.6. The fraction of sp³-hybridized carbons (Fsp3) is 0.300. The second-order valence-electron chi connectivity index (χ2n) is 7.47. The first-order valence-corrected chi connectivity index (χ1v) is 11.6. The van der Waals surface area contributed by atoms with Crippen molar-refractivity contribution in [1.29, 1.82) is 0 Å². The lowest BCUT2D eigenvalue weighted by molar-refractivity contribution is -0.146. The van der Waals surface area contributed by atoms with Gasteiger partial charge in [0.05, 0.1) is 10.4 Å². The van der Waals surface area contributed by atoms with Gasteiger partial charge in [0.25, 0.3) is 0 Å². The molecule has 0 aliphatic carbocycles. The molecule has 2 aromatic carbocycles. The fourth-order valence-electron chi connectivity index (χ4n) is 3.90. The van der Waals surface area contributed by atoms with Crippen molar-refractivity contribution in [2.24, 2.45) is 5.14 Å². The van der Waals surface area contributed by atoms with Crippen molar-refractivity contribution >= 4 is 44.0 Å². The number of nitrogens with one attached hydrogen (secondary N) is 1. The van der Waals surface area contributed by atoms with Gasteiger partial charge >= 0.3 is 6.18 Å². The quantitative estimate of drug-likeness (QED) is 0.565. The number of sulfonamides is 1. The third kappa shape index (κ3) is 4.59. The van der Waals surface area contributed by atoms with E-state index in [-0.39, 0.29) is 24.4 Å². The van der Waals surface area contributed by atoms with E-state index >= 15 is 0 Å². The fourth-order valence-corrected chi connectivity index (χ4v) is 4.64. The van der Waals surface area contributed by atoms with Crippen LogP contribution < -0.4 is 15.4 Å². The number of hydrogen-bond donors (Lipinski definition) is 2. The number of aromatic nitrogens is 2. The highest BCUT2D eigenvalue weighted by atomic mass is 35.5. The van der Waals surface area contributed by atoms with Gasteiger partial charge in [0.1, 0.15) is 18.2 Å². The van der Waals surface area contributed by atoms with E-state index < -0.39 is 22.2 Å². The smallest absolute Gasteiger partial charge is 0.365 e. The predicted octanol–water partition coefficient (Wildman–Crippen LogP) is 4.07. The Morgan fingerprint density at radius 3 is 2.69 bits per heavy atom. The zero-order valence-corrected chi connectivity index (χ0v) is 18.2. The lowest BCUT2D eigenvalue weighted by Gasteiger charge is -2.30. The number of halogens is 4. The summed E-state index contributed by atoms with van der Waals surface area (Å²) in [6.07, 6.45) is -2.70. The molecule has 1 atom stereocenters. The lowest BCUT2D eigenvalue weighted by atomic mass is 10.1. The zero-order valence-electron chi connectivity index (χ0n) is 16.6. The molecule has 1 aliphatic rings. The lowest BCUT2D eigenvalue weighted by Crippen LogP contribution is -2.41. The van der Waals surface area contributed by atoms with Crippen molar-refractivity contribution in [1.82, 2.24) is 9.97 Å². The third-order valence-corrected chi connectivity index (χ3v) is 6.51. The first-order valence-electron chi connectivity index (χ1n) is 9.67. The van der Waals surface area contributed by atoms with Crippen LogP contribution in [0.15, 0.2) is 47.6 Å². The maximum absolute atomic E-state index is 13.6. The van der Waals surface area contributed by atoms with Gasteiger partial charge in [-0.25, -0.2) is 23.5 Å². The molecule has 1 unspecified atom stereocenters. The van der Waals surface area contributed by atoms with E-state index in [0.29, 0.717) is 39.4 Å². The van der Waals surface area contributed by atoms with E-state index in [9.17, 15) is 21.6 Å². The Morgan fingerprint density at radius 1 is 1.19 bits per heavy atom. The van der Waals surface area contributed by atoms with Crippen molar-refractivity contribution < 1.29 is 21.6 Å². The molecule has 32 heavy (non-hydrogen) atoms. The Kier molecular flexibility index (Phi) is 5.91. The number of rotatable bonds is 5. The van der Waals surface area contributed by atoms with Gasteiger partial charge in [-0.2, -0.15) is 13.2 Å².